The van der Waals surface area contributed by atoms with E-state index in [-0.39, 0.29) is 24.5 Å². The molecule has 0 bridgehead atoms. The third-order valence-electron chi connectivity index (χ3n) is 7.85. The summed E-state index contributed by atoms with van der Waals surface area (Å²) in [6, 6.07) is 26.6. The lowest BCUT2D eigenvalue weighted by molar-refractivity contribution is -0.123. The third kappa shape index (κ3) is 10.5. The molecule has 238 valence electrons. The van der Waals surface area contributed by atoms with Crippen LogP contribution in [0.1, 0.15) is 66.8 Å². The zero-order chi connectivity index (χ0) is 32.0. The molecular formula is C37H47N5O3. The van der Waals surface area contributed by atoms with Crippen LogP contribution in [-0.2, 0) is 17.9 Å². The molecule has 4 rings (SSSR count). The molecule has 0 aliphatic rings. The summed E-state index contributed by atoms with van der Waals surface area (Å²) in [6.45, 7) is 9.86. The number of aliphatic hydroxyl groups is 1. The molecule has 8 nitrogen and oxygen atoms in total. The summed E-state index contributed by atoms with van der Waals surface area (Å²) < 4.78 is 0. The minimum absolute atomic E-state index is 0.0879. The fraction of sp³-hybridized carbons (Fsp3) is 0.378. The molecule has 4 N–H and O–H groups in total. The largest absolute Gasteiger partial charge is 0.395 e. The Morgan fingerprint density at radius 3 is 2.33 bits per heavy atom. The van der Waals surface area contributed by atoms with E-state index in [1.165, 1.54) is 0 Å². The first kappa shape index (κ1) is 33.8. The number of benzene rings is 3. The number of pyridine rings is 1. The van der Waals surface area contributed by atoms with E-state index in [0.29, 0.717) is 44.0 Å². The predicted octanol–water partition coefficient (Wildman–Crippen LogP) is 5.23. The summed E-state index contributed by atoms with van der Waals surface area (Å²) >= 11 is 0. The van der Waals surface area contributed by atoms with E-state index < -0.39 is 6.04 Å². The van der Waals surface area contributed by atoms with E-state index in [0.717, 1.165) is 40.7 Å². The number of carbonyl (C=O) groups excluding carboxylic acids is 2. The van der Waals surface area contributed by atoms with Crippen molar-refractivity contribution in [2.24, 2.45) is 5.92 Å². The second kappa shape index (κ2) is 17.4. The fourth-order valence-electron chi connectivity index (χ4n) is 5.61. The van der Waals surface area contributed by atoms with Crippen molar-refractivity contribution in [3.8, 4) is 0 Å². The lowest BCUT2D eigenvalue weighted by Gasteiger charge is -2.26. The summed E-state index contributed by atoms with van der Waals surface area (Å²) in [6.07, 6.45) is 2.96. The minimum Gasteiger partial charge on any atom is -0.395 e. The van der Waals surface area contributed by atoms with Crippen molar-refractivity contribution in [1.29, 1.82) is 0 Å². The van der Waals surface area contributed by atoms with Crippen LogP contribution in [0.5, 0.6) is 0 Å². The van der Waals surface area contributed by atoms with Crippen molar-refractivity contribution < 1.29 is 14.7 Å². The number of nitrogens with zero attached hydrogens (tertiary/aromatic N) is 2. The van der Waals surface area contributed by atoms with Crippen molar-refractivity contribution in [3.05, 3.63) is 114 Å². The summed E-state index contributed by atoms with van der Waals surface area (Å²) in [7, 11) is 0. The van der Waals surface area contributed by atoms with Crippen LogP contribution in [0, 0.1) is 5.92 Å². The third-order valence-corrected chi connectivity index (χ3v) is 7.85. The molecule has 4 aromatic rings. The molecule has 0 saturated carbocycles. The van der Waals surface area contributed by atoms with Gasteiger partial charge in [-0.2, -0.15) is 0 Å². The average Bonchev–Trinajstić information content (AvgIpc) is 3.04. The molecule has 0 aliphatic heterocycles. The normalized spacial score (nSPS) is 12.8. The van der Waals surface area contributed by atoms with Gasteiger partial charge in [0.05, 0.1) is 18.3 Å². The number of aromatic nitrogens is 1. The Hall–Kier alpha value is -4.11. The molecule has 1 unspecified atom stereocenters. The molecule has 0 aliphatic carbocycles. The molecule has 0 spiro atoms. The monoisotopic (exact) mass is 609 g/mol. The Kier molecular flexibility index (Phi) is 13.1. The van der Waals surface area contributed by atoms with Crippen LogP contribution in [-0.4, -0.2) is 59.1 Å². The Morgan fingerprint density at radius 1 is 0.844 bits per heavy atom. The van der Waals surface area contributed by atoms with Crippen molar-refractivity contribution >= 4 is 22.6 Å². The first-order valence-electron chi connectivity index (χ1n) is 16.0. The van der Waals surface area contributed by atoms with E-state index in [1.54, 1.807) is 18.3 Å². The molecule has 45 heavy (non-hydrogen) atoms. The zero-order valence-corrected chi connectivity index (χ0v) is 26.7. The number of hydrogen-bond acceptors (Lipinski definition) is 6. The van der Waals surface area contributed by atoms with Crippen LogP contribution in [0.25, 0.3) is 10.8 Å². The highest BCUT2D eigenvalue weighted by Crippen LogP contribution is 2.24. The molecule has 0 saturated heterocycles. The molecule has 2 amide bonds. The van der Waals surface area contributed by atoms with Gasteiger partial charge < -0.3 is 26.0 Å². The maximum Gasteiger partial charge on any atom is 0.251 e. The molecule has 0 radical (unpaired) electrons. The van der Waals surface area contributed by atoms with E-state index in [4.69, 9.17) is 0 Å². The highest BCUT2D eigenvalue weighted by molar-refractivity contribution is 5.97. The van der Waals surface area contributed by atoms with Crippen LogP contribution < -0.4 is 16.0 Å². The zero-order valence-electron chi connectivity index (χ0n) is 26.7. The van der Waals surface area contributed by atoms with Crippen LogP contribution in [0.2, 0.25) is 0 Å². The highest BCUT2D eigenvalue weighted by atomic mass is 16.3. The molecule has 3 aromatic carbocycles. The van der Waals surface area contributed by atoms with Gasteiger partial charge in [-0.1, -0.05) is 74.5 Å². The Labute approximate surface area is 267 Å². The molecule has 1 aromatic heterocycles. The number of aliphatic hydroxyl groups excluding tert-OH is 1. The molecule has 8 heteroatoms. The minimum atomic E-state index is -0.704. The van der Waals surface area contributed by atoms with Gasteiger partial charge in [0.15, 0.2) is 0 Å². The van der Waals surface area contributed by atoms with Crippen LogP contribution >= 0.6 is 0 Å². The standard InChI is InChI=1S/C37H47N5O3/c1-27(2)26-42(22-23-43)21-9-15-35(37(45)40-28(3)33-14-8-11-30-10-4-5-13-34(30)33)41-36(44)31-18-16-29(17-19-31)24-38-25-32-12-6-7-20-39-32/h4-8,10-14,16-20,27-28,35,38,43H,9,15,21-26H2,1-3H3,(H,40,45)(H,41,44)/t28?,35-/m0/s1. The number of carbonyl (C=O) groups is 2. The van der Waals surface area contributed by atoms with Crippen LogP contribution in [0.4, 0.5) is 0 Å². The molecule has 1 heterocycles. The van der Waals surface area contributed by atoms with Gasteiger partial charge in [0.25, 0.3) is 5.91 Å². The van der Waals surface area contributed by atoms with Gasteiger partial charge in [0.1, 0.15) is 6.04 Å². The van der Waals surface area contributed by atoms with E-state index in [2.05, 4.69) is 57.9 Å². The fourth-order valence-corrected chi connectivity index (χ4v) is 5.61. The summed E-state index contributed by atoms with van der Waals surface area (Å²) in [5, 5.41) is 21.3. The quantitative estimate of drug-likeness (QED) is 0.131. The van der Waals surface area contributed by atoms with Gasteiger partial charge in [0, 0.05) is 37.9 Å². The number of rotatable bonds is 17. The average molecular weight is 610 g/mol. The Morgan fingerprint density at radius 2 is 1.60 bits per heavy atom. The predicted molar refractivity (Wildman–Crippen MR) is 181 cm³/mol. The maximum absolute atomic E-state index is 13.7. The van der Waals surface area contributed by atoms with E-state index in [9.17, 15) is 14.7 Å². The lowest BCUT2D eigenvalue weighted by atomic mass is 9.99. The summed E-state index contributed by atoms with van der Waals surface area (Å²) in [5.74, 6) is -0.0304. The van der Waals surface area contributed by atoms with Gasteiger partial charge in [-0.3, -0.25) is 14.6 Å². The van der Waals surface area contributed by atoms with E-state index in [1.807, 2.05) is 61.5 Å². The Balaban J connectivity index is 1.41. The van der Waals surface area contributed by atoms with Crippen LogP contribution in [0.15, 0.2) is 91.1 Å². The van der Waals surface area contributed by atoms with Crippen molar-refractivity contribution in [1.82, 2.24) is 25.8 Å². The van der Waals surface area contributed by atoms with Gasteiger partial charge in [-0.25, -0.2) is 0 Å². The number of amides is 2. The van der Waals surface area contributed by atoms with Gasteiger partial charge in [-0.05, 0) is 78.4 Å². The van der Waals surface area contributed by atoms with Crippen molar-refractivity contribution in [2.75, 3.05) is 26.2 Å². The summed E-state index contributed by atoms with van der Waals surface area (Å²) in [5.41, 5.74) is 3.56. The number of hydrogen-bond donors (Lipinski definition) is 4. The number of nitrogens with one attached hydrogen (secondary N) is 3. The SMILES string of the molecule is CC(C)CN(CCO)CCC[C@H](NC(=O)c1ccc(CNCc2ccccn2)cc1)C(=O)NC(C)c1cccc2ccccc12. The first-order valence-corrected chi connectivity index (χ1v) is 16.0. The highest BCUT2D eigenvalue weighted by Gasteiger charge is 2.24. The number of fused-ring (bicyclic) bond motifs is 1. The van der Waals surface area contributed by atoms with E-state index >= 15 is 0 Å². The molecular weight excluding hydrogens is 562 g/mol. The second-order valence-electron chi connectivity index (χ2n) is 12.0. The maximum atomic E-state index is 13.7. The second-order valence-corrected chi connectivity index (χ2v) is 12.0. The molecule has 0 fully saturated rings. The smallest absolute Gasteiger partial charge is 0.251 e. The Bertz CT molecular complexity index is 1490. The van der Waals surface area contributed by atoms with Crippen molar-refractivity contribution in [2.45, 2.75) is 58.8 Å². The van der Waals surface area contributed by atoms with Gasteiger partial charge in [-0.15, -0.1) is 0 Å². The van der Waals surface area contributed by atoms with Crippen LogP contribution in [0.3, 0.4) is 0 Å². The topological polar surface area (TPSA) is 107 Å². The van der Waals surface area contributed by atoms with Gasteiger partial charge in [0.2, 0.25) is 5.91 Å². The molecule has 2 atom stereocenters. The summed E-state index contributed by atoms with van der Waals surface area (Å²) in [4.78, 5) is 33.6. The lowest BCUT2D eigenvalue weighted by Crippen LogP contribution is -2.47. The first-order chi connectivity index (χ1) is 21.8. The van der Waals surface area contributed by atoms with Gasteiger partial charge >= 0.3 is 0 Å². The van der Waals surface area contributed by atoms with Crippen molar-refractivity contribution in [3.63, 3.8) is 0 Å².